The van der Waals surface area contributed by atoms with Gasteiger partial charge in [-0.2, -0.15) is 0 Å². The van der Waals surface area contributed by atoms with E-state index in [2.05, 4.69) is 0 Å². The van der Waals surface area contributed by atoms with E-state index in [1.54, 1.807) is 12.1 Å². The minimum Gasteiger partial charge on any atom is -0.496 e. The zero-order valence-corrected chi connectivity index (χ0v) is 10.7. The molecule has 0 aliphatic heterocycles. The first-order valence-electron chi connectivity index (χ1n) is 5.77. The second kappa shape index (κ2) is 5.10. The van der Waals surface area contributed by atoms with E-state index in [1.807, 2.05) is 13.0 Å². The van der Waals surface area contributed by atoms with Crippen LogP contribution in [0.3, 0.4) is 0 Å². The molecule has 0 atom stereocenters. The molecule has 0 fully saturated rings. The number of nitrogens with two attached hydrogens (primary N) is 1. The van der Waals surface area contributed by atoms with Crippen LogP contribution in [-0.2, 0) is 0 Å². The molecule has 2 aromatic rings. The number of ether oxygens (including phenoxy) is 1. The Kier molecular flexibility index (Phi) is 3.51. The van der Waals surface area contributed by atoms with Crippen LogP contribution in [0.1, 0.15) is 21.5 Å². The Balaban J connectivity index is 2.52. The first-order valence-corrected chi connectivity index (χ1v) is 5.77. The van der Waals surface area contributed by atoms with Gasteiger partial charge in [0, 0.05) is 11.3 Å². The summed E-state index contributed by atoms with van der Waals surface area (Å²) < 4.78 is 18.2. The van der Waals surface area contributed by atoms with Crippen molar-refractivity contribution in [2.24, 2.45) is 0 Å². The van der Waals surface area contributed by atoms with E-state index in [4.69, 9.17) is 10.5 Å². The summed E-state index contributed by atoms with van der Waals surface area (Å²) in [5.74, 6) is -0.275. The lowest BCUT2D eigenvalue weighted by Gasteiger charge is -2.10. The Morgan fingerprint density at radius 2 is 1.89 bits per heavy atom. The number of ketones is 1. The fourth-order valence-corrected chi connectivity index (χ4v) is 1.88. The van der Waals surface area contributed by atoms with E-state index >= 15 is 0 Å². The van der Waals surface area contributed by atoms with Crippen LogP contribution in [0.4, 0.5) is 10.1 Å². The highest BCUT2D eigenvalue weighted by molar-refractivity contribution is 6.13. The van der Waals surface area contributed by atoms with Crippen LogP contribution in [0.5, 0.6) is 5.75 Å². The van der Waals surface area contributed by atoms with Crippen LogP contribution in [0.2, 0.25) is 0 Å². The van der Waals surface area contributed by atoms with Crippen molar-refractivity contribution in [3.63, 3.8) is 0 Å². The van der Waals surface area contributed by atoms with Gasteiger partial charge in [-0.3, -0.25) is 4.79 Å². The summed E-state index contributed by atoms with van der Waals surface area (Å²) in [4.78, 5) is 12.4. The maximum absolute atomic E-state index is 13.0. The SMILES string of the molecule is COc1ccc(C)cc1C(=O)c1ccc(F)cc1N. The molecule has 0 saturated heterocycles. The molecule has 0 aromatic heterocycles. The Bertz CT molecular complexity index is 638. The molecule has 19 heavy (non-hydrogen) atoms. The van der Waals surface area contributed by atoms with Crippen molar-refractivity contribution in [1.82, 2.24) is 0 Å². The first-order chi connectivity index (χ1) is 9.02. The number of anilines is 1. The maximum atomic E-state index is 13.0. The van der Waals surface area contributed by atoms with E-state index in [0.29, 0.717) is 11.3 Å². The molecule has 0 unspecified atom stereocenters. The minimum absolute atomic E-state index is 0.119. The summed E-state index contributed by atoms with van der Waals surface area (Å²) in [6.45, 7) is 1.88. The number of methoxy groups -OCH3 is 1. The lowest BCUT2D eigenvalue weighted by atomic mass is 9.99. The Labute approximate surface area is 110 Å². The van der Waals surface area contributed by atoms with Crippen LogP contribution in [0.15, 0.2) is 36.4 Å². The summed E-state index contributed by atoms with van der Waals surface area (Å²) in [7, 11) is 1.50. The molecule has 0 amide bonds. The topological polar surface area (TPSA) is 52.3 Å². The molecule has 0 aliphatic rings. The highest BCUT2D eigenvalue weighted by Crippen LogP contribution is 2.25. The Morgan fingerprint density at radius 3 is 2.53 bits per heavy atom. The number of rotatable bonds is 3. The van der Waals surface area contributed by atoms with E-state index in [1.165, 1.54) is 19.2 Å². The van der Waals surface area contributed by atoms with Gasteiger partial charge in [0.05, 0.1) is 12.7 Å². The van der Waals surface area contributed by atoms with Crippen molar-refractivity contribution in [3.8, 4) is 5.75 Å². The number of carbonyl (C=O) groups is 1. The van der Waals surface area contributed by atoms with Crippen molar-refractivity contribution < 1.29 is 13.9 Å². The number of halogens is 1. The standard InChI is InChI=1S/C15H14FNO2/c1-9-3-6-14(19-2)12(7-9)15(18)11-5-4-10(16)8-13(11)17/h3-8H,17H2,1-2H3. The fourth-order valence-electron chi connectivity index (χ4n) is 1.88. The van der Waals surface area contributed by atoms with Gasteiger partial charge in [0.15, 0.2) is 5.78 Å². The zero-order chi connectivity index (χ0) is 14.0. The number of hydrogen-bond donors (Lipinski definition) is 1. The van der Waals surface area contributed by atoms with Gasteiger partial charge in [-0.25, -0.2) is 4.39 Å². The molecule has 0 radical (unpaired) electrons. The van der Waals surface area contributed by atoms with E-state index < -0.39 is 5.82 Å². The van der Waals surface area contributed by atoms with E-state index in [0.717, 1.165) is 11.6 Å². The number of nitrogen functional groups attached to an aromatic ring is 1. The number of carbonyl (C=O) groups excluding carboxylic acids is 1. The average Bonchev–Trinajstić information content (AvgIpc) is 2.38. The normalized spacial score (nSPS) is 10.3. The molecule has 0 bridgehead atoms. The van der Waals surface area contributed by atoms with Gasteiger partial charge in [-0.1, -0.05) is 11.6 Å². The number of aryl methyl sites for hydroxylation is 1. The second-order valence-corrected chi connectivity index (χ2v) is 4.26. The lowest BCUT2D eigenvalue weighted by molar-refractivity contribution is 0.103. The number of benzene rings is 2. The van der Waals surface area contributed by atoms with Gasteiger partial charge in [-0.15, -0.1) is 0 Å². The molecule has 0 saturated carbocycles. The summed E-state index contributed by atoms with van der Waals surface area (Å²) in [6.07, 6.45) is 0. The summed E-state index contributed by atoms with van der Waals surface area (Å²) in [6, 6.07) is 9.03. The molecule has 0 spiro atoms. The summed E-state index contributed by atoms with van der Waals surface area (Å²) >= 11 is 0. The zero-order valence-electron chi connectivity index (χ0n) is 10.7. The van der Waals surface area contributed by atoms with Gasteiger partial charge in [0.2, 0.25) is 0 Å². The Hall–Kier alpha value is -2.36. The maximum Gasteiger partial charge on any atom is 0.198 e. The van der Waals surface area contributed by atoms with Gasteiger partial charge in [0.25, 0.3) is 0 Å². The second-order valence-electron chi connectivity index (χ2n) is 4.26. The monoisotopic (exact) mass is 259 g/mol. The average molecular weight is 259 g/mol. The third-order valence-corrected chi connectivity index (χ3v) is 2.86. The molecule has 2 aromatic carbocycles. The van der Waals surface area contributed by atoms with Crippen LogP contribution in [0, 0.1) is 12.7 Å². The molecule has 2 N–H and O–H groups in total. The molecule has 98 valence electrons. The van der Waals surface area contributed by atoms with Gasteiger partial charge in [-0.05, 0) is 37.3 Å². The summed E-state index contributed by atoms with van der Waals surface area (Å²) in [5.41, 5.74) is 7.43. The van der Waals surface area contributed by atoms with Crippen molar-refractivity contribution >= 4 is 11.5 Å². The molecule has 2 rings (SSSR count). The highest BCUT2D eigenvalue weighted by Gasteiger charge is 2.17. The molecular weight excluding hydrogens is 245 g/mol. The number of hydrogen-bond acceptors (Lipinski definition) is 3. The first kappa shape index (κ1) is 13.1. The fraction of sp³-hybridized carbons (Fsp3) is 0.133. The largest absolute Gasteiger partial charge is 0.496 e. The van der Waals surface area contributed by atoms with Crippen molar-refractivity contribution in [2.45, 2.75) is 6.92 Å². The molecule has 3 nitrogen and oxygen atoms in total. The van der Waals surface area contributed by atoms with Crippen molar-refractivity contribution in [1.29, 1.82) is 0 Å². The minimum atomic E-state index is -0.467. The quantitative estimate of drug-likeness (QED) is 0.681. The van der Waals surface area contributed by atoms with Gasteiger partial charge >= 0.3 is 0 Å². The van der Waals surface area contributed by atoms with E-state index in [-0.39, 0.29) is 17.0 Å². The van der Waals surface area contributed by atoms with Crippen molar-refractivity contribution in [2.75, 3.05) is 12.8 Å². The predicted octanol–water partition coefficient (Wildman–Crippen LogP) is 2.96. The predicted molar refractivity (Wildman–Crippen MR) is 72.0 cm³/mol. The molecule has 4 heteroatoms. The summed E-state index contributed by atoms with van der Waals surface area (Å²) in [5, 5.41) is 0. The van der Waals surface area contributed by atoms with Gasteiger partial charge < -0.3 is 10.5 Å². The van der Waals surface area contributed by atoms with Crippen LogP contribution >= 0.6 is 0 Å². The van der Waals surface area contributed by atoms with Crippen LogP contribution in [-0.4, -0.2) is 12.9 Å². The highest BCUT2D eigenvalue weighted by atomic mass is 19.1. The van der Waals surface area contributed by atoms with Gasteiger partial charge in [0.1, 0.15) is 11.6 Å². The third-order valence-electron chi connectivity index (χ3n) is 2.86. The molecule has 0 aliphatic carbocycles. The van der Waals surface area contributed by atoms with Crippen molar-refractivity contribution in [3.05, 3.63) is 58.9 Å². The smallest absolute Gasteiger partial charge is 0.198 e. The molecule has 0 heterocycles. The molecular formula is C15H14FNO2. The van der Waals surface area contributed by atoms with E-state index in [9.17, 15) is 9.18 Å². The third kappa shape index (κ3) is 2.57. The van der Waals surface area contributed by atoms with Crippen LogP contribution < -0.4 is 10.5 Å². The lowest BCUT2D eigenvalue weighted by Crippen LogP contribution is -2.07. The Morgan fingerprint density at radius 1 is 1.16 bits per heavy atom. The van der Waals surface area contributed by atoms with Crippen LogP contribution in [0.25, 0.3) is 0 Å².